The summed E-state index contributed by atoms with van der Waals surface area (Å²) in [4.78, 5) is 23.0. The highest BCUT2D eigenvalue weighted by Crippen LogP contribution is 2.20. The van der Waals surface area contributed by atoms with Crippen molar-refractivity contribution in [2.24, 2.45) is 5.92 Å². The van der Waals surface area contributed by atoms with Gasteiger partial charge in [-0.05, 0) is 36.3 Å². The molecular formula is C16H22N2O3. The van der Waals surface area contributed by atoms with E-state index in [0.717, 1.165) is 19.3 Å². The van der Waals surface area contributed by atoms with Gasteiger partial charge in [-0.2, -0.15) is 0 Å². The Morgan fingerprint density at radius 1 is 1.24 bits per heavy atom. The lowest BCUT2D eigenvalue weighted by molar-refractivity contribution is -0.140. The molecule has 114 valence electrons. The monoisotopic (exact) mass is 290 g/mol. The number of fused-ring (bicyclic) bond motifs is 1. The van der Waals surface area contributed by atoms with Crippen molar-refractivity contribution in [3.8, 4) is 0 Å². The Labute approximate surface area is 124 Å². The minimum absolute atomic E-state index is 0.0570. The SMILES string of the molecule is CC(C)C(NC(=O)NC1CCc2ccccc2C1)C(=O)O. The Morgan fingerprint density at radius 2 is 1.90 bits per heavy atom. The second kappa shape index (κ2) is 6.61. The minimum Gasteiger partial charge on any atom is -0.480 e. The van der Waals surface area contributed by atoms with E-state index in [9.17, 15) is 9.59 Å². The molecule has 0 aliphatic heterocycles. The average molecular weight is 290 g/mol. The van der Waals surface area contributed by atoms with Crippen LogP contribution >= 0.6 is 0 Å². The first kappa shape index (κ1) is 15.4. The number of hydrogen-bond acceptors (Lipinski definition) is 2. The van der Waals surface area contributed by atoms with Crippen molar-refractivity contribution >= 4 is 12.0 Å². The molecule has 0 fully saturated rings. The fourth-order valence-corrected chi connectivity index (χ4v) is 2.70. The number of aliphatic carboxylic acids is 1. The maximum atomic E-state index is 12.0. The number of amides is 2. The first-order valence-corrected chi connectivity index (χ1v) is 7.34. The third-order valence-corrected chi connectivity index (χ3v) is 3.90. The van der Waals surface area contributed by atoms with E-state index >= 15 is 0 Å². The minimum atomic E-state index is -1.01. The van der Waals surface area contributed by atoms with Gasteiger partial charge < -0.3 is 15.7 Å². The van der Waals surface area contributed by atoms with Crippen molar-refractivity contribution in [1.29, 1.82) is 0 Å². The van der Waals surface area contributed by atoms with E-state index in [1.807, 2.05) is 12.1 Å². The number of carbonyl (C=O) groups is 2. The van der Waals surface area contributed by atoms with Crippen molar-refractivity contribution in [2.45, 2.75) is 45.2 Å². The number of carbonyl (C=O) groups excluding carboxylic acids is 1. The molecule has 2 amide bonds. The number of urea groups is 1. The van der Waals surface area contributed by atoms with Gasteiger partial charge in [0.1, 0.15) is 6.04 Å². The van der Waals surface area contributed by atoms with Crippen LogP contribution in [0.15, 0.2) is 24.3 Å². The zero-order chi connectivity index (χ0) is 15.4. The van der Waals surface area contributed by atoms with Gasteiger partial charge in [0.05, 0.1) is 0 Å². The molecule has 5 heteroatoms. The molecule has 1 aromatic rings. The van der Waals surface area contributed by atoms with Crippen molar-refractivity contribution in [2.75, 3.05) is 0 Å². The van der Waals surface area contributed by atoms with E-state index in [2.05, 4.69) is 22.8 Å². The third-order valence-electron chi connectivity index (χ3n) is 3.90. The second-order valence-electron chi connectivity index (χ2n) is 5.89. The van der Waals surface area contributed by atoms with E-state index in [0.29, 0.717) is 0 Å². The van der Waals surface area contributed by atoms with Gasteiger partial charge in [0.2, 0.25) is 0 Å². The summed E-state index contributed by atoms with van der Waals surface area (Å²) in [5.74, 6) is -1.16. The van der Waals surface area contributed by atoms with Crippen LogP contribution in [-0.4, -0.2) is 29.2 Å². The smallest absolute Gasteiger partial charge is 0.326 e. The van der Waals surface area contributed by atoms with Gasteiger partial charge in [-0.25, -0.2) is 9.59 Å². The molecule has 0 heterocycles. The summed E-state index contributed by atoms with van der Waals surface area (Å²) in [6.45, 7) is 3.55. The van der Waals surface area contributed by atoms with Gasteiger partial charge in [-0.15, -0.1) is 0 Å². The van der Waals surface area contributed by atoms with E-state index in [-0.39, 0.29) is 12.0 Å². The van der Waals surface area contributed by atoms with Crippen molar-refractivity contribution in [3.63, 3.8) is 0 Å². The van der Waals surface area contributed by atoms with Crippen LogP contribution in [0.4, 0.5) is 4.79 Å². The van der Waals surface area contributed by atoms with Crippen LogP contribution < -0.4 is 10.6 Å². The number of carboxylic acids is 1. The normalized spacial score (nSPS) is 18.7. The van der Waals surface area contributed by atoms with Gasteiger partial charge in [0, 0.05) is 6.04 Å². The Hall–Kier alpha value is -2.04. The quantitative estimate of drug-likeness (QED) is 0.793. The maximum Gasteiger partial charge on any atom is 0.326 e. The van der Waals surface area contributed by atoms with E-state index < -0.39 is 18.0 Å². The predicted molar refractivity (Wildman–Crippen MR) is 80.2 cm³/mol. The zero-order valence-corrected chi connectivity index (χ0v) is 12.4. The predicted octanol–water partition coefficient (Wildman–Crippen LogP) is 1.95. The van der Waals surface area contributed by atoms with Crippen molar-refractivity contribution in [1.82, 2.24) is 10.6 Å². The zero-order valence-electron chi connectivity index (χ0n) is 12.4. The van der Waals surface area contributed by atoms with Crippen LogP contribution in [-0.2, 0) is 17.6 Å². The van der Waals surface area contributed by atoms with Crippen LogP contribution in [0.5, 0.6) is 0 Å². The van der Waals surface area contributed by atoms with Crippen molar-refractivity contribution in [3.05, 3.63) is 35.4 Å². The Kier molecular flexibility index (Phi) is 4.83. The molecule has 1 aliphatic rings. The highest BCUT2D eigenvalue weighted by atomic mass is 16.4. The van der Waals surface area contributed by atoms with Gasteiger partial charge in [0.15, 0.2) is 0 Å². The summed E-state index contributed by atoms with van der Waals surface area (Å²) in [5, 5.41) is 14.5. The lowest BCUT2D eigenvalue weighted by atomic mass is 9.88. The molecule has 0 radical (unpaired) electrons. The van der Waals surface area contributed by atoms with E-state index in [4.69, 9.17) is 5.11 Å². The van der Waals surface area contributed by atoms with Gasteiger partial charge in [-0.1, -0.05) is 38.1 Å². The molecule has 21 heavy (non-hydrogen) atoms. The summed E-state index contributed by atoms with van der Waals surface area (Å²) in [6, 6.07) is 7.02. The van der Waals surface area contributed by atoms with Crippen LogP contribution in [0.1, 0.15) is 31.4 Å². The van der Waals surface area contributed by atoms with Crippen LogP contribution in [0, 0.1) is 5.92 Å². The summed E-state index contributed by atoms with van der Waals surface area (Å²) in [6.07, 6.45) is 2.61. The standard InChI is InChI=1S/C16H22N2O3/c1-10(2)14(15(19)20)18-16(21)17-13-8-7-11-5-3-4-6-12(11)9-13/h3-6,10,13-14H,7-9H2,1-2H3,(H,19,20)(H2,17,18,21). The fourth-order valence-electron chi connectivity index (χ4n) is 2.70. The highest BCUT2D eigenvalue weighted by Gasteiger charge is 2.25. The molecular weight excluding hydrogens is 268 g/mol. The number of benzene rings is 1. The summed E-state index contributed by atoms with van der Waals surface area (Å²) < 4.78 is 0. The van der Waals surface area contributed by atoms with Gasteiger partial charge in [0.25, 0.3) is 0 Å². The number of rotatable bonds is 4. The van der Waals surface area contributed by atoms with Crippen molar-refractivity contribution < 1.29 is 14.7 Å². The third kappa shape index (κ3) is 3.97. The van der Waals surface area contributed by atoms with Crippen LogP contribution in [0.25, 0.3) is 0 Å². The summed E-state index contributed by atoms with van der Waals surface area (Å²) in [7, 11) is 0. The molecule has 2 unspecified atom stereocenters. The topological polar surface area (TPSA) is 78.4 Å². The first-order chi connectivity index (χ1) is 9.97. The largest absolute Gasteiger partial charge is 0.480 e. The number of carboxylic acid groups (broad SMARTS) is 1. The number of nitrogens with one attached hydrogen (secondary N) is 2. The molecule has 1 aliphatic carbocycles. The molecule has 5 nitrogen and oxygen atoms in total. The number of hydrogen-bond donors (Lipinski definition) is 3. The summed E-state index contributed by atoms with van der Waals surface area (Å²) >= 11 is 0. The maximum absolute atomic E-state index is 12.0. The Balaban J connectivity index is 1.91. The average Bonchev–Trinajstić information content (AvgIpc) is 2.44. The molecule has 0 saturated heterocycles. The molecule has 0 aromatic heterocycles. The highest BCUT2D eigenvalue weighted by molar-refractivity contribution is 5.82. The van der Waals surface area contributed by atoms with Gasteiger partial charge >= 0.3 is 12.0 Å². The Bertz CT molecular complexity index is 528. The molecule has 0 spiro atoms. The second-order valence-corrected chi connectivity index (χ2v) is 5.89. The molecule has 0 bridgehead atoms. The lowest BCUT2D eigenvalue weighted by Crippen LogP contribution is -2.51. The lowest BCUT2D eigenvalue weighted by Gasteiger charge is -2.26. The fraction of sp³-hybridized carbons (Fsp3) is 0.500. The Morgan fingerprint density at radius 3 is 2.52 bits per heavy atom. The summed E-state index contributed by atoms with van der Waals surface area (Å²) in [5.41, 5.74) is 2.59. The van der Waals surface area contributed by atoms with E-state index in [1.165, 1.54) is 11.1 Å². The molecule has 1 aromatic carbocycles. The molecule has 2 rings (SSSR count). The van der Waals surface area contributed by atoms with Gasteiger partial charge in [-0.3, -0.25) is 0 Å². The van der Waals surface area contributed by atoms with E-state index in [1.54, 1.807) is 13.8 Å². The molecule has 0 saturated carbocycles. The van der Waals surface area contributed by atoms with Crippen LogP contribution in [0.2, 0.25) is 0 Å². The first-order valence-electron chi connectivity index (χ1n) is 7.34. The molecule has 3 N–H and O–H groups in total. The van der Waals surface area contributed by atoms with Crippen LogP contribution in [0.3, 0.4) is 0 Å². The number of aryl methyl sites for hydroxylation is 1. The molecule has 2 atom stereocenters.